The zero-order chi connectivity index (χ0) is 14.1. The van der Waals surface area contributed by atoms with Crippen molar-refractivity contribution < 1.29 is 31.1 Å². The molecule has 0 aromatic heterocycles. The molecule has 2 atom stereocenters. The Hall–Kier alpha value is -0.990. The van der Waals surface area contributed by atoms with Gasteiger partial charge in [-0.25, -0.2) is 0 Å². The Balaban J connectivity index is 2.78. The third-order valence-electron chi connectivity index (χ3n) is 2.81. The highest BCUT2D eigenvalue weighted by atomic mass is 19.4. The molecule has 1 rings (SSSR count). The highest BCUT2D eigenvalue weighted by Gasteiger charge is 2.61. The summed E-state index contributed by atoms with van der Waals surface area (Å²) in [5, 5.41) is 1.74. The summed E-state index contributed by atoms with van der Waals surface area (Å²) in [6, 6.07) is -1.43. The molecule has 1 amide bonds. The Morgan fingerprint density at radius 2 is 1.61 bits per heavy atom. The van der Waals surface area contributed by atoms with E-state index in [0.717, 1.165) is 0 Å². The number of carbonyl (C=O) groups is 1. The van der Waals surface area contributed by atoms with Gasteiger partial charge < -0.3 is 11.1 Å². The van der Waals surface area contributed by atoms with Crippen molar-refractivity contribution in [1.82, 2.24) is 5.32 Å². The first-order valence-corrected chi connectivity index (χ1v) is 5.23. The lowest BCUT2D eigenvalue weighted by Gasteiger charge is -2.25. The number of halogens is 6. The molecule has 2 unspecified atom stereocenters. The maximum Gasteiger partial charge on any atom is 0.409 e. The Morgan fingerprint density at radius 1 is 1.11 bits per heavy atom. The van der Waals surface area contributed by atoms with E-state index >= 15 is 0 Å². The molecule has 0 aromatic rings. The highest BCUT2D eigenvalue weighted by molar-refractivity contribution is 5.80. The molecule has 3 N–H and O–H groups in total. The minimum Gasteiger partial charge on any atom is -0.351 e. The van der Waals surface area contributed by atoms with Gasteiger partial charge in [0.2, 0.25) is 11.8 Å². The van der Waals surface area contributed by atoms with Crippen LogP contribution in [0.4, 0.5) is 26.3 Å². The van der Waals surface area contributed by atoms with Gasteiger partial charge in [0.1, 0.15) is 0 Å². The molecule has 106 valence electrons. The van der Waals surface area contributed by atoms with Crippen molar-refractivity contribution in [1.29, 1.82) is 0 Å². The predicted molar refractivity (Wildman–Crippen MR) is 49.4 cm³/mol. The van der Waals surface area contributed by atoms with Crippen molar-refractivity contribution in [2.75, 3.05) is 0 Å². The van der Waals surface area contributed by atoms with E-state index in [-0.39, 0.29) is 6.42 Å². The van der Waals surface area contributed by atoms with Crippen LogP contribution < -0.4 is 11.1 Å². The highest BCUT2D eigenvalue weighted by Crippen LogP contribution is 2.39. The number of hydrogen-bond acceptors (Lipinski definition) is 2. The first-order valence-electron chi connectivity index (χ1n) is 5.23. The molecule has 9 heteroatoms. The van der Waals surface area contributed by atoms with Crippen LogP contribution in [0.15, 0.2) is 0 Å². The predicted octanol–water partition coefficient (Wildman–Crippen LogP) is 1.72. The van der Waals surface area contributed by atoms with E-state index < -0.39 is 36.3 Å². The molecular weight excluding hydrogens is 266 g/mol. The van der Waals surface area contributed by atoms with Crippen LogP contribution in [0.5, 0.6) is 0 Å². The average molecular weight is 278 g/mol. The molecule has 0 spiro atoms. The van der Waals surface area contributed by atoms with Gasteiger partial charge in [-0.15, -0.1) is 0 Å². The summed E-state index contributed by atoms with van der Waals surface area (Å²) in [6.07, 6.45) is -10.0. The minimum absolute atomic E-state index is 0.287. The van der Waals surface area contributed by atoms with E-state index in [4.69, 9.17) is 5.73 Å². The van der Waals surface area contributed by atoms with Gasteiger partial charge in [-0.2, -0.15) is 26.3 Å². The summed E-state index contributed by atoms with van der Waals surface area (Å²) in [5.41, 5.74) is 5.47. The quantitative estimate of drug-likeness (QED) is 0.756. The average Bonchev–Trinajstić information content (AvgIpc) is 2.45. The van der Waals surface area contributed by atoms with Crippen LogP contribution in [-0.2, 0) is 4.79 Å². The topological polar surface area (TPSA) is 55.1 Å². The van der Waals surface area contributed by atoms with Crippen molar-refractivity contribution in [3.63, 3.8) is 0 Å². The third kappa shape index (κ3) is 3.50. The van der Waals surface area contributed by atoms with Gasteiger partial charge >= 0.3 is 12.4 Å². The Bertz CT molecular complexity index is 299. The van der Waals surface area contributed by atoms with Gasteiger partial charge in [-0.3, -0.25) is 4.79 Å². The standard InChI is InChI=1S/C9H12F6N2O/c10-8(11,12)6(9(13,14)15)7(18)17-5-3-1-2-4(5)16/h4-6H,1-3,16H2,(H,17,18). The van der Waals surface area contributed by atoms with Gasteiger partial charge in [0.25, 0.3) is 0 Å². The van der Waals surface area contributed by atoms with Crippen LogP contribution >= 0.6 is 0 Å². The first-order chi connectivity index (χ1) is 8.03. The van der Waals surface area contributed by atoms with Crippen molar-refractivity contribution in [3.8, 4) is 0 Å². The molecule has 0 heterocycles. The van der Waals surface area contributed by atoms with Crippen molar-refractivity contribution in [3.05, 3.63) is 0 Å². The molecule has 3 nitrogen and oxygen atoms in total. The Kier molecular flexibility index (Phi) is 4.14. The summed E-state index contributed by atoms with van der Waals surface area (Å²) in [5.74, 6) is -6.09. The monoisotopic (exact) mass is 278 g/mol. The molecule has 0 bridgehead atoms. The normalized spacial score (nSPS) is 25.6. The van der Waals surface area contributed by atoms with E-state index in [1.807, 2.05) is 0 Å². The van der Waals surface area contributed by atoms with E-state index in [0.29, 0.717) is 12.8 Å². The molecule has 0 aliphatic heterocycles. The van der Waals surface area contributed by atoms with Gasteiger partial charge in [-0.1, -0.05) is 0 Å². The Labute approximate surface area is 98.7 Å². The summed E-state index contributed by atoms with van der Waals surface area (Å²) in [4.78, 5) is 11.1. The van der Waals surface area contributed by atoms with Crippen LogP contribution in [0.1, 0.15) is 19.3 Å². The number of rotatable bonds is 2. The van der Waals surface area contributed by atoms with Crippen LogP contribution in [0.3, 0.4) is 0 Å². The van der Waals surface area contributed by atoms with Gasteiger partial charge in [0, 0.05) is 12.1 Å². The Morgan fingerprint density at radius 3 is 1.94 bits per heavy atom. The molecular formula is C9H12F6N2O. The maximum absolute atomic E-state index is 12.2. The number of hydrogen-bond donors (Lipinski definition) is 2. The van der Waals surface area contributed by atoms with Crippen molar-refractivity contribution in [2.24, 2.45) is 11.7 Å². The fourth-order valence-corrected chi connectivity index (χ4v) is 1.92. The van der Waals surface area contributed by atoms with Crippen molar-refractivity contribution in [2.45, 2.75) is 43.7 Å². The number of carbonyl (C=O) groups excluding carboxylic acids is 1. The molecule has 1 fully saturated rings. The third-order valence-corrected chi connectivity index (χ3v) is 2.81. The summed E-state index contributed by atoms with van der Waals surface area (Å²) < 4.78 is 73.4. The lowest BCUT2D eigenvalue weighted by atomic mass is 10.1. The van der Waals surface area contributed by atoms with Crippen molar-refractivity contribution >= 4 is 5.91 Å². The van der Waals surface area contributed by atoms with Crippen LogP contribution in [0.2, 0.25) is 0 Å². The van der Waals surface area contributed by atoms with Crippen LogP contribution in [0.25, 0.3) is 0 Å². The minimum atomic E-state index is -5.66. The molecule has 1 aliphatic rings. The van der Waals surface area contributed by atoms with Crippen LogP contribution in [-0.4, -0.2) is 30.3 Å². The lowest BCUT2D eigenvalue weighted by molar-refractivity contribution is -0.274. The summed E-state index contributed by atoms with van der Waals surface area (Å²) >= 11 is 0. The second kappa shape index (κ2) is 4.94. The molecule has 1 aliphatic carbocycles. The first kappa shape index (κ1) is 15.1. The van der Waals surface area contributed by atoms with E-state index in [2.05, 4.69) is 0 Å². The van der Waals surface area contributed by atoms with E-state index in [1.54, 1.807) is 5.32 Å². The second-order valence-electron chi connectivity index (χ2n) is 4.23. The van der Waals surface area contributed by atoms with Crippen LogP contribution in [0, 0.1) is 5.92 Å². The molecule has 0 radical (unpaired) electrons. The fraction of sp³-hybridized carbons (Fsp3) is 0.889. The number of alkyl halides is 6. The van der Waals surface area contributed by atoms with Gasteiger partial charge in [0.15, 0.2) is 0 Å². The van der Waals surface area contributed by atoms with Gasteiger partial charge in [-0.05, 0) is 19.3 Å². The second-order valence-corrected chi connectivity index (χ2v) is 4.23. The number of nitrogens with two attached hydrogens (primary N) is 1. The number of amides is 1. The maximum atomic E-state index is 12.2. The largest absolute Gasteiger partial charge is 0.409 e. The molecule has 18 heavy (non-hydrogen) atoms. The smallest absolute Gasteiger partial charge is 0.351 e. The fourth-order valence-electron chi connectivity index (χ4n) is 1.92. The lowest BCUT2D eigenvalue weighted by Crippen LogP contribution is -2.53. The van der Waals surface area contributed by atoms with E-state index in [9.17, 15) is 31.1 Å². The summed E-state index contributed by atoms with van der Waals surface area (Å²) in [7, 11) is 0. The number of nitrogens with one attached hydrogen (secondary N) is 1. The molecule has 1 saturated carbocycles. The van der Waals surface area contributed by atoms with Gasteiger partial charge in [0.05, 0.1) is 0 Å². The SMILES string of the molecule is NC1CCCC1NC(=O)C(C(F)(F)F)C(F)(F)F. The summed E-state index contributed by atoms with van der Waals surface area (Å²) in [6.45, 7) is 0. The molecule has 0 saturated heterocycles. The van der Waals surface area contributed by atoms with E-state index in [1.165, 1.54) is 0 Å². The zero-order valence-electron chi connectivity index (χ0n) is 9.11. The molecule has 0 aromatic carbocycles. The zero-order valence-corrected chi connectivity index (χ0v) is 9.11.